The summed E-state index contributed by atoms with van der Waals surface area (Å²) >= 11 is 0. The summed E-state index contributed by atoms with van der Waals surface area (Å²) in [6, 6.07) is 5.58. The largest absolute Gasteiger partial charge is 0.322 e. The third kappa shape index (κ3) is 2.08. The van der Waals surface area contributed by atoms with Gasteiger partial charge in [-0.3, -0.25) is 9.89 Å². The summed E-state index contributed by atoms with van der Waals surface area (Å²) in [4.78, 5) is 11.7. The Balaban J connectivity index is 2.14. The molecule has 1 heterocycles. The number of amides is 1. The predicted molar refractivity (Wildman–Crippen MR) is 57.7 cm³/mol. The van der Waals surface area contributed by atoms with Gasteiger partial charge in [-0.05, 0) is 31.2 Å². The summed E-state index contributed by atoms with van der Waals surface area (Å²) < 4.78 is 12.6. The van der Waals surface area contributed by atoms with Gasteiger partial charge in [-0.25, -0.2) is 4.39 Å². The lowest BCUT2D eigenvalue weighted by atomic mass is 10.2. The molecule has 1 amide bonds. The van der Waals surface area contributed by atoms with Crippen LogP contribution in [0.5, 0.6) is 0 Å². The van der Waals surface area contributed by atoms with Crippen molar-refractivity contribution < 1.29 is 9.18 Å². The number of halogens is 1. The fourth-order valence-corrected chi connectivity index (χ4v) is 1.31. The van der Waals surface area contributed by atoms with Gasteiger partial charge < -0.3 is 5.32 Å². The summed E-state index contributed by atoms with van der Waals surface area (Å²) in [6.07, 6.45) is 1.45. The van der Waals surface area contributed by atoms with Gasteiger partial charge in [0.25, 0.3) is 5.91 Å². The molecule has 2 rings (SSSR count). The Kier molecular flexibility index (Phi) is 2.68. The molecule has 0 saturated carbocycles. The van der Waals surface area contributed by atoms with E-state index in [4.69, 9.17) is 0 Å². The fourth-order valence-electron chi connectivity index (χ4n) is 1.31. The molecule has 0 aliphatic rings. The van der Waals surface area contributed by atoms with Gasteiger partial charge in [-0.15, -0.1) is 0 Å². The van der Waals surface area contributed by atoms with Crippen LogP contribution in [0, 0.1) is 12.7 Å². The van der Waals surface area contributed by atoms with Gasteiger partial charge in [0, 0.05) is 11.4 Å². The Morgan fingerprint density at radius 2 is 2.06 bits per heavy atom. The third-order valence-corrected chi connectivity index (χ3v) is 2.18. The van der Waals surface area contributed by atoms with Crippen molar-refractivity contribution in [1.82, 2.24) is 10.2 Å². The molecular formula is C11H10FN3O. The highest BCUT2D eigenvalue weighted by molar-refractivity contribution is 6.04. The minimum Gasteiger partial charge on any atom is -0.322 e. The van der Waals surface area contributed by atoms with E-state index in [0.29, 0.717) is 16.9 Å². The molecule has 0 aliphatic carbocycles. The number of carbonyl (C=O) groups excluding carboxylic acids is 1. The molecule has 0 bridgehead atoms. The lowest BCUT2D eigenvalue weighted by Gasteiger charge is -2.03. The van der Waals surface area contributed by atoms with Crippen molar-refractivity contribution in [2.75, 3.05) is 5.32 Å². The molecule has 0 fully saturated rings. The summed E-state index contributed by atoms with van der Waals surface area (Å²) in [5.41, 5.74) is 1.72. The van der Waals surface area contributed by atoms with Gasteiger partial charge in [0.05, 0.1) is 11.8 Å². The smallest absolute Gasteiger partial charge is 0.259 e. The maximum atomic E-state index is 12.6. The van der Waals surface area contributed by atoms with E-state index in [0.717, 1.165) is 0 Å². The lowest BCUT2D eigenvalue weighted by Crippen LogP contribution is -2.12. The van der Waals surface area contributed by atoms with Crippen LogP contribution in [0.15, 0.2) is 30.5 Å². The number of aromatic nitrogens is 2. The van der Waals surface area contributed by atoms with Crippen LogP contribution in [0.1, 0.15) is 16.1 Å². The highest BCUT2D eigenvalue weighted by Crippen LogP contribution is 2.11. The number of nitrogens with one attached hydrogen (secondary N) is 2. The van der Waals surface area contributed by atoms with Crippen molar-refractivity contribution in [2.45, 2.75) is 6.92 Å². The van der Waals surface area contributed by atoms with Crippen LogP contribution in [-0.4, -0.2) is 16.1 Å². The van der Waals surface area contributed by atoms with Crippen LogP contribution in [0.3, 0.4) is 0 Å². The summed E-state index contributed by atoms with van der Waals surface area (Å²) in [7, 11) is 0. The van der Waals surface area contributed by atoms with Gasteiger partial charge >= 0.3 is 0 Å². The second-order valence-corrected chi connectivity index (χ2v) is 3.37. The monoisotopic (exact) mass is 219 g/mol. The number of anilines is 1. The standard InChI is InChI=1S/C11H10FN3O/c1-7-10(6-13-15-7)11(16)14-9-4-2-8(12)3-5-9/h2-6H,1H3,(H,13,15)(H,14,16). The molecular weight excluding hydrogens is 209 g/mol. The zero-order valence-electron chi connectivity index (χ0n) is 8.62. The molecule has 4 nitrogen and oxygen atoms in total. The zero-order valence-corrected chi connectivity index (χ0v) is 8.62. The number of hydrogen-bond acceptors (Lipinski definition) is 2. The molecule has 0 aliphatic heterocycles. The van der Waals surface area contributed by atoms with Gasteiger partial charge in [-0.2, -0.15) is 5.10 Å². The number of carbonyl (C=O) groups is 1. The first-order chi connectivity index (χ1) is 7.66. The van der Waals surface area contributed by atoms with E-state index in [-0.39, 0.29) is 11.7 Å². The van der Waals surface area contributed by atoms with Crippen LogP contribution in [0.4, 0.5) is 10.1 Å². The van der Waals surface area contributed by atoms with Crippen molar-refractivity contribution >= 4 is 11.6 Å². The van der Waals surface area contributed by atoms with Crippen molar-refractivity contribution in [3.05, 3.63) is 47.5 Å². The normalized spacial score (nSPS) is 10.1. The van der Waals surface area contributed by atoms with Gasteiger partial charge in [-0.1, -0.05) is 0 Å². The number of hydrogen-bond donors (Lipinski definition) is 2. The van der Waals surface area contributed by atoms with E-state index in [1.807, 2.05) is 0 Å². The van der Waals surface area contributed by atoms with E-state index < -0.39 is 0 Å². The fraction of sp³-hybridized carbons (Fsp3) is 0.0909. The number of rotatable bonds is 2. The Bertz CT molecular complexity index is 504. The first-order valence-corrected chi connectivity index (χ1v) is 4.73. The molecule has 1 aromatic carbocycles. The summed E-state index contributed by atoms with van der Waals surface area (Å²) in [6.45, 7) is 1.76. The molecule has 0 unspecified atom stereocenters. The minimum atomic E-state index is -0.336. The molecule has 82 valence electrons. The first kappa shape index (κ1) is 10.4. The van der Waals surface area contributed by atoms with Crippen LogP contribution in [0.2, 0.25) is 0 Å². The van der Waals surface area contributed by atoms with Crippen LogP contribution in [-0.2, 0) is 0 Å². The molecule has 5 heteroatoms. The van der Waals surface area contributed by atoms with Crippen LogP contribution < -0.4 is 5.32 Å². The quantitative estimate of drug-likeness (QED) is 0.812. The molecule has 1 aromatic heterocycles. The van der Waals surface area contributed by atoms with E-state index in [9.17, 15) is 9.18 Å². The second-order valence-electron chi connectivity index (χ2n) is 3.37. The summed E-state index contributed by atoms with van der Waals surface area (Å²) in [5.74, 6) is -0.602. The molecule has 0 saturated heterocycles. The lowest BCUT2D eigenvalue weighted by molar-refractivity contribution is 0.102. The minimum absolute atomic E-state index is 0.266. The Morgan fingerprint density at radius 3 is 2.62 bits per heavy atom. The molecule has 2 N–H and O–H groups in total. The van der Waals surface area contributed by atoms with Gasteiger partial charge in [0.1, 0.15) is 5.82 Å². The van der Waals surface area contributed by atoms with E-state index in [1.165, 1.54) is 30.5 Å². The molecule has 0 radical (unpaired) electrons. The summed E-state index contributed by atoms with van der Waals surface area (Å²) in [5, 5.41) is 9.07. The SMILES string of the molecule is Cc1[nH]ncc1C(=O)Nc1ccc(F)cc1. The van der Waals surface area contributed by atoms with E-state index in [2.05, 4.69) is 15.5 Å². The molecule has 0 spiro atoms. The van der Waals surface area contributed by atoms with Crippen LogP contribution in [0.25, 0.3) is 0 Å². The van der Waals surface area contributed by atoms with E-state index in [1.54, 1.807) is 6.92 Å². The number of benzene rings is 1. The van der Waals surface area contributed by atoms with Crippen molar-refractivity contribution in [2.24, 2.45) is 0 Å². The van der Waals surface area contributed by atoms with Gasteiger partial charge in [0.2, 0.25) is 0 Å². The maximum Gasteiger partial charge on any atom is 0.259 e. The Hall–Kier alpha value is -2.17. The molecule has 2 aromatic rings. The topological polar surface area (TPSA) is 57.8 Å². The maximum absolute atomic E-state index is 12.6. The predicted octanol–water partition coefficient (Wildman–Crippen LogP) is 2.11. The van der Waals surface area contributed by atoms with Crippen molar-refractivity contribution in [1.29, 1.82) is 0 Å². The second kappa shape index (κ2) is 4.14. The number of H-pyrrole nitrogens is 1. The Labute approximate surface area is 91.5 Å². The molecule has 16 heavy (non-hydrogen) atoms. The average Bonchev–Trinajstić information content (AvgIpc) is 2.68. The van der Waals surface area contributed by atoms with Crippen LogP contribution >= 0.6 is 0 Å². The number of aromatic amines is 1. The highest BCUT2D eigenvalue weighted by atomic mass is 19.1. The molecule has 0 atom stereocenters. The Morgan fingerprint density at radius 1 is 1.38 bits per heavy atom. The average molecular weight is 219 g/mol. The highest BCUT2D eigenvalue weighted by Gasteiger charge is 2.10. The number of nitrogens with zero attached hydrogens (tertiary/aromatic N) is 1. The van der Waals surface area contributed by atoms with Crippen molar-refractivity contribution in [3.63, 3.8) is 0 Å². The zero-order chi connectivity index (χ0) is 11.5. The van der Waals surface area contributed by atoms with Crippen molar-refractivity contribution in [3.8, 4) is 0 Å². The first-order valence-electron chi connectivity index (χ1n) is 4.73. The van der Waals surface area contributed by atoms with Gasteiger partial charge in [0.15, 0.2) is 0 Å². The number of aryl methyl sites for hydroxylation is 1. The van der Waals surface area contributed by atoms with E-state index >= 15 is 0 Å². The third-order valence-electron chi connectivity index (χ3n) is 2.18.